The molecule has 0 fully saturated rings. The van der Waals surface area contributed by atoms with E-state index >= 15 is 0 Å². The summed E-state index contributed by atoms with van der Waals surface area (Å²) in [7, 11) is 0. The number of nitrogens with zero attached hydrogens (tertiary/aromatic N) is 2. The molecule has 1 N–H and O–H groups in total. The van der Waals surface area contributed by atoms with E-state index in [1.54, 1.807) is 19.1 Å². The molecule has 158 valence electrons. The van der Waals surface area contributed by atoms with Crippen LogP contribution in [0, 0.1) is 19.3 Å². The SMILES string of the molecule is CC1=CC2=NC(=O)/C(=C/c3ccc(OCCOc4cc(C)cc(C)c4)cc3)C(=N)N2O1. The van der Waals surface area contributed by atoms with Gasteiger partial charge in [-0.05, 0) is 67.8 Å². The largest absolute Gasteiger partial charge is 0.490 e. The van der Waals surface area contributed by atoms with E-state index in [1.807, 2.05) is 50.2 Å². The van der Waals surface area contributed by atoms with Crippen molar-refractivity contribution >= 4 is 23.7 Å². The van der Waals surface area contributed by atoms with E-state index in [-0.39, 0.29) is 11.4 Å². The van der Waals surface area contributed by atoms with Gasteiger partial charge in [0.15, 0.2) is 11.7 Å². The molecule has 0 radical (unpaired) electrons. The number of rotatable bonds is 6. The van der Waals surface area contributed by atoms with Gasteiger partial charge < -0.3 is 14.3 Å². The normalized spacial score (nSPS) is 16.6. The number of aryl methyl sites for hydroxylation is 2. The third-order valence-electron chi connectivity index (χ3n) is 4.69. The van der Waals surface area contributed by atoms with Crippen LogP contribution in [0.25, 0.3) is 6.08 Å². The number of fused-ring (bicyclic) bond motifs is 1. The van der Waals surface area contributed by atoms with E-state index in [0.29, 0.717) is 30.6 Å². The second-order valence-corrected chi connectivity index (χ2v) is 7.41. The number of amides is 1. The summed E-state index contributed by atoms with van der Waals surface area (Å²) in [5.41, 5.74) is 3.25. The highest BCUT2D eigenvalue weighted by Gasteiger charge is 2.34. The van der Waals surface area contributed by atoms with Crippen LogP contribution in [-0.4, -0.2) is 35.9 Å². The molecule has 0 aliphatic carbocycles. The summed E-state index contributed by atoms with van der Waals surface area (Å²) in [5, 5.41) is 9.50. The van der Waals surface area contributed by atoms with Crippen LogP contribution < -0.4 is 9.47 Å². The fraction of sp³-hybridized carbons (Fsp3) is 0.208. The number of amidine groups is 2. The van der Waals surface area contributed by atoms with Gasteiger partial charge in [0.25, 0.3) is 5.91 Å². The molecule has 2 aromatic carbocycles. The van der Waals surface area contributed by atoms with E-state index in [2.05, 4.69) is 11.1 Å². The van der Waals surface area contributed by atoms with Crippen molar-refractivity contribution in [2.75, 3.05) is 13.2 Å². The summed E-state index contributed by atoms with van der Waals surface area (Å²) < 4.78 is 11.5. The lowest BCUT2D eigenvalue weighted by atomic mass is 10.1. The lowest BCUT2D eigenvalue weighted by molar-refractivity contribution is -0.114. The van der Waals surface area contributed by atoms with Gasteiger partial charge in [-0.3, -0.25) is 10.2 Å². The molecule has 7 heteroatoms. The Kier molecular flexibility index (Phi) is 5.58. The maximum atomic E-state index is 12.3. The van der Waals surface area contributed by atoms with E-state index in [4.69, 9.17) is 19.7 Å². The average Bonchev–Trinajstić information content (AvgIpc) is 3.09. The monoisotopic (exact) mass is 417 g/mol. The molecule has 0 aromatic heterocycles. The molecule has 7 nitrogen and oxygen atoms in total. The second-order valence-electron chi connectivity index (χ2n) is 7.41. The number of benzene rings is 2. The van der Waals surface area contributed by atoms with Crippen molar-refractivity contribution < 1.29 is 19.1 Å². The summed E-state index contributed by atoms with van der Waals surface area (Å²) in [6, 6.07) is 13.4. The highest BCUT2D eigenvalue weighted by atomic mass is 16.7. The van der Waals surface area contributed by atoms with Crippen molar-refractivity contribution in [2.45, 2.75) is 20.8 Å². The maximum Gasteiger partial charge on any atom is 0.282 e. The third-order valence-corrected chi connectivity index (χ3v) is 4.69. The van der Waals surface area contributed by atoms with Gasteiger partial charge in [0.1, 0.15) is 30.5 Å². The Hall–Kier alpha value is -3.87. The topological polar surface area (TPSA) is 84.2 Å². The molecule has 0 saturated carbocycles. The van der Waals surface area contributed by atoms with Crippen LogP contribution in [0.1, 0.15) is 23.6 Å². The highest BCUT2D eigenvalue weighted by Crippen LogP contribution is 2.24. The molecule has 31 heavy (non-hydrogen) atoms. The summed E-state index contributed by atoms with van der Waals surface area (Å²) in [6.45, 7) is 6.66. The molecule has 2 aliphatic heterocycles. The van der Waals surface area contributed by atoms with Gasteiger partial charge in [-0.15, -0.1) is 5.06 Å². The number of hydroxylamine groups is 2. The minimum absolute atomic E-state index is 0.0352. The number of carbonyl (C=O) groups is 1. The lowest BCUT2D eigenvalue weighted by Crippen LogP contribution is -2.38. The van der Waals surface area contributed by atoms with Gasteiger partial charge in [-0.1, -0.05) is 18.2 Å². The number of hydrogen-bond donors (Lipinski definition) is 1. The van der Waals surface area contributed by atoms with Crippen LogP contribution in [0.5, 0.6) is 11.5 Å². The van der Waals surface area contributed by atoms with Crippen LogP contribution in [0.2, 0.25) is 0 Å². The Balaban J connectivity index is 1.34. The second kappa shape index (κ2) is 8.47. The average molecular weight is 417 g/mol. The molecular formula is C24H23N3O4. The molecule has 1 amide bonds. The molecule has 0 saturated heterocycles. The Morgan fingerprint density at radius 3 is 2.32 bits per heavy atom. The van der Waals surface area contributed by atoms with E-state index in [0.717, 1.165) is 22.4 Å². The molecule has 0 bridgehead atoms. The molecule has 2 aromatic rings. The van der Waals surface area contributed by atoms with Gasteiger partial charge in [-0.25, -0.2) is 0 Å². The van der Waals surface area contributed by atoms with Crippen molar-refractivity contribution in [2.24, 2.45) is 4.99 Å². The van der Waals surface area contributed by atoms with E-state index < -0.39 is 5.91 Å². The first-order valence-electron chi connectivity index (χ1n) is 9.93. The first-order chi connectivity index (χ1) is 14.9. The predicted octanol–water partition coefficient (Wildman–Crippen LogP) is 4.21. The van der Waals surface area contributed by atoms with Crippen LogP contribution >= 0.6 is 0 Å². The lowest BCUT2D eigenvalue weighted by Gasteiger charge is -2.22. The molecule has 2 heterocycles. The van der Waals surface area contributed by atoms with Gasteiger partial charge in [0.2, 0.25) is 0 Å². The summed E-state index contributed by atoms with van der Waals surface area (Å²) in [6.07, 6.45) is 3.24. The van der Waals surface area contributed by atoms with E-state index in [1.165, 1.54) is 5.06 Å². The van der Waals surface area contributed by atoms with Crippen LogP contribution in [0.15, 0.2) is 64.9 Å². The zero-order valence-electron chi connectivity index (χ0n) is 17.6. The van der Waals surface area contributed by atoms with Crippen molar-refractivity contribution in [1.29, 1.82) is 5.41 Å². The molecular weight excluding hydrogens is 394 g/mol. The summed E-state index contributed by atoms with van der Waals surface area (Å²) in [4.78, 5) is 21.7. The van der Waals surface area contributed by atoms with Gasteiger partial charge in [0, 0.05) is 6.08 Å². The van der Waals surface area contributed by atoms with Crippen LogP contribution in [-0.2, 0) is 9.63 Å². The number of ether oxygens (including phenoxy) is 2. The first kappa shape index (κ1) is 20.4. The number of hydrogen-bond acceptors (Lipinski definition) is 5. The molecule has 2 aliphatic rings. The van der Waals surface area contributed by atoms with Crippen molar-refractivity contribution in [1.82, 2.24) is 5.06 Å². The van der Waals surface area contributed by atoms with Gasteiger partial charge in [0.05, 0.1) is 5.57 Å². The van der Waals surface area contributed by atoms with Crippen LogP contribution in [0.3, 0.4) is 0 Å². The Morgan fingerprint density at radius 1 is 1.00 bits per heavy atom. The van der Waals surface area contributed by atoms with Crippen LogP contribution in [0.4, 0.5) is 0 Å². The predicted molar refractivity (Wildman–Crippen MR) is 118 cm³/mol. The standard InChI is InChI=1S/C24H23N3O4/c1-15-10-16(2)12-20(11-15)30-9-8-29-19-6-4-18(5-7-19)14-21-23(25)27-22(26-24(21)28)13-17(3)31-27/h4-7,10-14,25H,8-9H2,1-3H3/b21-14+,25-23?. The molecule has 0 unspecified atom stereocenters. The van der Waals surface area contributed by atoms with Crippen molar-refractivity contribution in [3.05, 3.63) is 76.6 Å². The summed E-state index contributed by atoms with van der Waals surface area (Å²) >= 11 is 0. The van der Waals surface area contributed by atoms with Crippen molar-refractivity contribution in [3.63, 3.8) is 0 Å². The number of aliphatic imine (C=N–C) groups is 1. The maximum absolute atomic E-state index is 12.3. The zero-order chi connectivity index (χ0) is 22.0. The minimum atomic E-state index is -0.463. The smallest absolute Gasteiger partial charge is 0.282 e. The fourth-order valence-electron chi connectivity index (χ4n) is 3.36. The Morgan fingerprint density at radius 2 is 1.65 bits per heavy atom. The minimum Gasteiger partial charge on any atom is -0.490 e. The fourth-order valence-corrected chi connectivity index (χ4v) is 3.36. The van der Waals surface area contributed by atoms with Crippen molar-refractivity contribution in [3.8, 4) is 11.5 Å². The third kappa shape index (κ3) is 4.66. The first-order valence-corrected chi connectivity index (χ1v) is 9.93. The van der Waals surface area contributed by atoms with Gasteiger partial charge >= 0.3 is 0 Å². The Labute approximate surface area is 180 Å². The highest BCUT2D eigenvalue weighted by molar-refractivity contribution is 6.32. The van der Waals surface area contributed by atoms with Gasteiger partial charge in [-0.2, -0.15) is 4.99 Å². The summed E-state index contributed by atoms with van der Waals surface area (Å²) in [5.74, 6) is 1.94. The zero-order valence-corrected chi connectivity index (χ0v) is 17.6. The number of carbonyl (C=O) groups excluding carboxylic acids is 1. The molecule has 0 atom stereocenters. The van der Waals surface area contributed by atoms with E-state index in [9.17, 15) is 4.79 Å². The number of allylic oxidation sites excluding steroid dienone is 1. The molecule has 4 rings (SSSR count). The Bertz CT molecular complexity index is 1110. The quantitative estimate of drug-likeness (QED) is 0.562. The molecule has 0 spiro atoms. The number of nitrogens with one attached hydrogen (secondary N) is 1.